The SMILES string of the molecule is CN1CC=CC(Cl)=C1c1ccnc(F)c1. The van der Waals surface area contributed by atoms with Crippen LogP contribution in [0.15, 0.2) is 35.5 Å². The number of aromatic nitrogens is 1. The van der Waals surface area contributed by atoms with Crippen LogP contribution in [0.2, 0.25) is 0 Å². The molecule has 1 aromatic heterocycles. The molecule has 0 unspecified atom stereocenters. The zero-order valence-corrected chi connectivity index (χ0v) is 9.00. The van der Waals surface area contributed by atoms with E-state index in [4.69, 9.17) is 11.6 Å². The van der Waals surface area contributed by atoms with E-state index in [1.54, 1.807) is 6.07 Å². The molecule has 1 aromatic rings. The van der Waals surface area contributed by atoms with E-state index in [1.165, 1.54) is 12.3 Å². The van der Waals surface area contributed by atoms with Gasteiger partial charge in [0, 0.05) is 31.4 Å². The summed E-state index contributed by atoms with van der Waals surface area (Å²) in [5, 5.41) is 0.620. The number of rotatable bonds is 1. The second-order valence-corrected chi connectivity index (χ2v) is 3.75. The van der Waals surface area contributed by atoms with Crippen molar-refractivity contribution in [1.29, 1.82) is 0 Å². The fraction of sp³-hybridized carbons (Fsp3) is 0.182. The number of hydrogen-bond acceptors (Lipinski definition) is 2. The van der Waals surface area contributed by atoms with Crippen LogP contribution in [0.1, 0.15) is 5.56 Å². The predicted octanol–water partition coefficient (Wildman–Crippen LogP) is 2.63. The lowest BCUT2D eigenvalue weighted by molar-refractivity contribution is 0.527. The fourth-order valence-electron chi connectivity index (χ4n) is 1.57. The van der Waals surface area contributed by atoms with E-state index in [9.17, 15) is 4.39 Å². The first kappa shape index (κ1) is 10.2. The van der Waals surface area contributed by atoms with Crippen LogP contribution in [-0.2, 0) is 0 Å². The summed E-state index contributed by atoms with van der Waals surface area (Å²) in [4.78, 5) is 5.49. The highest BCUT2D eigenvalue weighted by molar-refractivity contribution is 6.34. The average Bonchev–Trinajstić information content (AvgIpc) is 2.17. The minimum absolute atomic E-state index is 0.493. The van der Waals surface area contributed by atoms with Gasteiger partial charge in [0.25, 0.3) is 0 Å². The first-order valence-corrected chi connectivity index (χ1v) is 4.95. The molecule has 0 bridgehead atoms. The first-order valence-electron chi connectivity index (χ1n) is 4.58. The van der Waals surface area contributed by atoms with Gasteiger partial charge in [-0.05, 0) is 12.1 Å². The lowest BCUT2D eigenvalue weighted by Gasteiger charge is -2.25. The Hall–Kier alpha value is -1.35. The highest BCUT2D eigenvalue weighted by Gasteiger charge is 2.14. The summed E-state index contributed by atoms with van der Waals surface area (Å²) >= 11 is 6.07. The molecule has 0 fully saturated rings. The van der Waals surface area contributed by atoms with Crippen molar-refractivity contribution in [3.63, 3.8) is 0 Å². The van der Waals surface area contributed by atoms with E-state index in [0.717, 1.165) is 17.8 Å². The van der Waals surface area contributed by atoms with Gasteiger partial charge in [-0.3, -0.25) is 0 Å². The Morgan fingerprint density at radius 1 is 1.53 bits per heavy atom. The van der Waals surface area contributed by atoms with Crippen molar-refractivity contribution in [2.45, 2.75) is 0 Å². The Balaban J connectivity index is 2.49. The fourth-order valence-corrected chi connectivity index (χ4v) is 1.92. The van der Waals surface area contributed by atoms with Crippen molar-refractivity contribution in [3.05, 3.63) is 47.0 Å². The molecule has 0 spiro atoms. The summed E-state index contributed by atoms with van der Waals surface area (Å²) in [6.45, 7) is 0.773. The number of allylic oxidation sites excluding steroid dienone is 2. The second kappa shape index (κ2) is 4.03. The number of hydrogen-bond donors (Lipinski definition) is 0. The van der Waals surface area contributed by atoms with Gasteiger partial charge in [-0.15, -0.1) is 0 Å². The van der Waals surface area contributed by atoms with Crippen molar-refractivity contribution >= 4 is 17.3 Å². The molecule has 2 nitrogen and oxygen atoms in total. The molecular formula is C11H10ClFN2. The van der Waals surface area contributed by atoms with Gasteiger partial charge in [0.05, 0.1) is 10.7 Å². The number of halogens is 2. The number of pyridine rings is 1. The molecule has 1 aliphatic rings. The van der Waals surface area contributed by atoms with Crippen molar-refractivity contribution in [3.8, 4) is 0 Å². The molecule has 1 aliphatic heterocycles. The Labute approximate surface area is 92.7 Å². The molecule has 15 heavy (non-hydrogen) atoms. The van der Waals surface area contributed by atoms with Crippen LogP contribution in [-0.4, -0.2) is 23.5 Å². The third-order valence-corrected chi connectivity index (χ3v) is 2.56. The lowest BCUT2D eigenvalue weighted by Crippen LogP contribution is -2.20. The van der Waals surface area contributed by atoms with Crippen LogP contribution in [0.4, 0.5) is 4.39 Å². The Morgan fingerprint density at radius 2 is 2.33 bits per heavy atom. The summed E-state index contributed by atoms with van der Waals surface area (Å²) in [6, 6.07) is 3.13. The number of likely N-dealkylation sites (N-methyl/N-ethyl adjacent to an activating group) is 1. The van der Waals surface area contributed by atoms with Crippen molar-refractivity contribution < 1.29 is 4.39 Å². The predicted molar refractivity (Wildman–Crippen MR) is 58.7 cm³/mol. The summed E-state index contributed by atoms with van der Waals surface area (Å²) < 4.78 is 13.0. The van der Waals surface area contributed by atoms with Crippen LogP contribution in [0, 0.1) is 5.95 Å². The van der Waals surface area contributed by atoms with Gasteiger partial charge in [0.1, 0.15) is 0 Å². The highest BCUT2D eigenvalue weighted by atomic mass is 35.5. The standard InChI is InChI=1S/C11H10ClFN2/c1-15-6-2-3-9(12)11(15)8-4-5-14-10(13)7-8/h2-5,7H,6H2,1H3. The molecule has 0 saturated heterocycles. The first-order chi connectivity index (χ1) is 7.18. The van der Waals surface area contributed by atoms with Gasteiger partial charge in [-0.1, -0.05) is 17.7 Å². The molecule has 0 radical (unpaired) electrons. The van der Waals surface area contributed by atoms with Crippen LogP contribution < -0.4 is 0 Å². The summed E-state index contributed by atoms with van der Waals surface area (Å²) in [6.07, 6.45) is 5.23. The van der Waals surface area contributed by atoms with E-state index >= 15 is 0 Å². The zero-order valence-electron chi connectivity index (χ0n) is 8.24. The Bertz CT molecular complexity index is 440. The maximum Gasteiger partial charge on any atom is 0.213 e. The van der Waals surface area contributed by atoms with Crippen molar-refractivity contribution in [2.75, 3.05) is 13.6 Å². The minimum atomic E-state index is -0.493. The van der Waals surface area contributed by atoms with E-state index in [1.807, 2.05) is 24.1 Å². The third kappa shape index (κ3) is 2.02. The minimum Gasteiger partial charge on any atom is -0.369 e. The average molecular weight is 225 g/mol. The van der Waals surface area contributed by atoms with E-state index in [-0.39, 0.29) is 0 Å². The Kier molecular flexibility index (Phi) is 2.73. The molecule has 4 heteroatoms. The molecule has 78 valence electrons. The molecule has 0 aliphatic carbocycles. The quantitative estimate of drug-likeness (QED) is 0.682. The van der Waals surface area contributed by atoms with Gasteiger partial charge < -0.3 is 4.90 Å². The lowest BCUT2D eigenvalue weighted by atomic mass is 10.1. The maximum atomic E-state index is 13.0. The van der Waals surface area contributed by atoms with Crippen molar-refractivity contribution in [1.82, 2.24) is 9.88 Å². The third-order valence-electron chi connectivity index (χ3n) is 2.25. The van der Waals surface area contributed by atoms with E-state index in [2.05, 4.69) is 4.98 Å². The van der Waals surface area contributed by atoms with E-state index in [0.29, 0.717) is 5.03 Å². The van der Waals surface area contributed by atoms with Gasteiger partial charge in [0.15, 0.2) is 0 Å². The molecule has 0 aromatic carbocycles. The monoisotopic (exact) mass is 224 g/mol. The summed E-state index contributed by atoms with van der Waals surface area (Å²) in [5.41, 5.74) is 1.58. The molecule has 0 amide bonds. The Morgan fingerprint density at radius 3 is 3.00 bits per heavy atom. The smallest absolute Gasteiger partial charge is 0.213 e. The maximum absolute atomic E-state index is 13.0. The molecule has 2 rings (SSSR count). The molecule has 0 atom stereocenters. The molecule has 0 N–H and O–H groups in total. The van der Waals surface area contributed by atoms with E-state index < -0.39 is 5.95 Å². The second-order valence-electron chi connectivity index (χ2n) is 3.35. The zero-order chi connectivity index (χ0) is 10.8. The van der Waals surface area contributed by atoms with Crippen LogP contribution in [0.25, 0.3) is 5.70 Å². The molecule has 2 heterocycles. The van der Waals surface area contributed by atoms with Gasteiger partial charge in [-0.25, -0.2) is 4.98 Å². The number of nitrogens with zero attached hydrogens (tertiary/aromatic N) is 2. The molecular weight excluding hydrogens is 215 g/mol. The van der Waals surface area contributed by atoms with Crippen LogP contribution in [0.5, 0.6) is 0 Å². The van der Waals surface area contributed by atoms with Crippen LogP contribution >= 0.6 is 11.6 Å². The van der Waals surface area contributed by atoms with Crippen LogP contribution in [0.3, 0.4) is 0 Å². The van der Waals surface area contributed by atoms with Crippen molar-refractivity contribution in [2.24, 2.45) is 0 Å². The van der Waals surface area contributed by atoms with Gasteiger partial charge >= 0.3 is 0 Å². The topological polar surface area (TPSA) is 16.1 Å². The summed E-state index contributed by atoms with van der Waals surface area (Å²) in [5.74, 6) is -0.493. The normalized spacial score (nSPS) is 16.1. The van der Waals surface area contributed by atoms with Gasteiger partial charge in [0.2, 0.25) is 5.95 Å². The summed E-state index contributed by atoms with van der Waals surface area (Å²) in [7, 11) is 1.92. The van der Waals surface area contributed by atoms with Gasteiger partial charge in [-0.2, -0.15) is 4.39 Å². The largest absolute Gasteiger partial charge is 0.369 e. The highest BCUT2D eigenvalue weighted by Crippen LogP contribution is 2.27. The molecule has 0 saturated carbocycles.